The molecule has 19 rings (SSSR count). The van der Waals surface area contributed by atoms with Crippen LogP contribution >= 0.6 is 55.1 Å². The van der Waals surface area contributed by atoms with E-state index in [9.17, 15) is 24.0 Å². The fourth-order valence-corrected chi connectivity index (χ4v) is 18.9. The number of aromatic nitrogens is 12. The van der Waals surface area contributed by atoms with Gasteiger partial charge in [-0.1, -0.05) is 117 Å². The molecule has 0 spiro atoms. The molecular formula is C109H101Br2Cl2F5N16O5. The predicted molar refractivity (Wildman–Crippen MR) is 543 cm³/mol. The number of rotatable bonds is 25. The molecule has 2 saturated heterocycles. The zero-order chi connectivity index (χ0) is 98.2. The molecule has 0 saturated carbocycles. The smallest absolute Gasteiger partial charge is 0.254 e. The highest BCUT2D eigenvalue weighted by Crippen LogP contribution is 2.36. The maximum absolute atomic E-state index is 15.4. The summed E-state index contributed by atoms with van der Waals surface area (Å²) in [6.45, 7) is 15.6. The van der Waals surface area contributed by atoms with Gasteiger partial charge in [0.05, 0.1) is 59.2 Å². The third-order valence-electron chi connectivity index (χ3n) is 25.3. The molecule has 2 aliphatic rings. The van der Waals surface area contributed by atoms with Crippen LogP contribution in [-0.2, 0) is 44.9 Å². The van der Waals surface area contributed by atoms with Crippen LogP contribution in [0.15, 0.2) is 211 Å². The van der Waals surface area contributed by atoms with Crippen molar-refractivity contribution in [2.75, 3.05) is 39.3 Å². The Bertz CT molecular complexity index is 7480. The van der Waals surface area contributed by atoms with Gasteiger partial charge in [-0.2, -0.15) is 0 Å². The van der Waals surface area contributed by atoms with Crippen LogP contribution < -0.4 is 11.1 Å². The molecule has 710 valence electrons. The number of pyridine rings is 2. The first-order valence-electron chi connectivity index (χ1n) is 45.8. The summed E-state index contributed by atoms with van der Waals surface area (Å²) in [6, 6.07) is 48.3. The monoisotopic (exact) mass is 2040 g/mol. The number of aryl methyl sites for hydroxylation is 7. The second kappa shape index (κ2) is 45.8. The molecule has 0 bridgehead atoms. The molecule has 139 heavy (non-hydrogen) atoms. The molecule has 9 heterocycles. The molecule has 1 unspecified atom stereocenters. The minimum Gasteiger partial charge on any atom is -0.344 e. The third kappa shape index (κ3) is 23.9. The number of likely N-dealkylation sites (tertiary alicyclic amines) is 1. The molecule has 8 N–H and O–H groups in total. The predicted octanol–water partition coefficient (Wildman–Crippen LogP) is 23.2. The SMILES string of the molecule is C#Cc1ccc(Cc2c(C(=O)N3CCNCC3)cc3[nH]cnc3c2F)c(C)c1.CCCCC(=O)c1cc2[nH]cnc2c(F)c1Cc1ccc(Br)cc1C.Cc1cc(Br)ccc1Cc1c(C(=O)N2CCC(N)C2)cc2[nH]cnc2c1F.Cc1cc(Cl)ccc1Cc1c(C(=O)CCCc2ccccn2)cc2[nH]cnc2c1F.Cc1cc(Cl)ccc1Cc1c(C(=O)CCc2ccccn2)cc2[nH]cnc2c1F. The van der Waals surface area contributed by atoms with Crippen molar-refractivity contribution in [3.05, 3.63) is 378 Å². The van der Waals surface area contributed by atoms with Crippen molar-refractivity contribution in [2.45, 2.75) is 137 Å². The summed E-state index contributed by atoms with van der Waals surface area (Å²) in [4.78, 5) is 112. The van der Waals surface area contributed by atoms with E-state index >= 15 is 22.0 Å². The molecule has 21 nitrogen and oxygen atoms in total. The number of nitrogens with two attached hydrogens (primary N) is 1. The van der Waals surface area contributed by atoms with Crippen molar-refractivity contribution >= 4 is 139 Å². The summed E-state index contributed by atoms with van der Waals surface area (Å²) in [5, 5.41) is 4.49. The van der Waals surface area contributed by atoms with Gasteiger partial charge in [0.1, 0.15) is 27.6 Å². The number of aromatic amines is 5. The Morgan fingerprint density at radius 2 is 0.763 bits per heavy atom. The van der Waals surface area contributed by atoms with Crippen LogP contribution in [0.4, 0.5) is 22.0 Å². The van der Waals surface area contributed by atoms with E-state index in [0.717, 1.165) is 114 Å². The quantitative estimate of drug-likeness (QED) is 0.0159. The van der Waals surface area contributed by atoms with Gasteiger partial charge in [-0.05, 0) is 238 Å². The van der Waals surface area contributed by atoms with Gasteiger partial charge >= 0.3 is 0 Å². The number of halogens is 9. The largest absolute Gasteiger partial charge is 0.344 e. The highest BCUT2D eigenvalue weighted by atomic mass is 79.9. The number of piperazine rings is 1. The second-order valence-corrected chi connectivity index (χ2v) is 37.4. The number of benzene rings is 10. The Morgan fingerprint density at radius 1 is 0.417 bits per heavy atom. The van der Waals surface area contributed by atoms with E-state index in [1.165, 1.54) is 31.6 Å². The van der Waals surface area contributed by atoms with Crippen molar-refractivity contribution in [3.63, 3.8) is 0 Å². The van der Waals surface area contributed by atoms with E-state index in [1.807, 2.05) is 157 Å². The molecule has 2 aliphatic heterocycles. The van der Waals surface area contributed by atoms with E-state index in [0.29, 0.717) is 184 Å². The first-order valence-corrected chi connectivity index (χ1v) is 48.2. The Hall–Kier alpha value is -13.5. The normalized spacial score (nSPS) is 12.9. The number of carbonyl (C=O) groups excluding carboxylic acids is 5. The minimum atomic E-state index is -0.459. The molecule has 7 aromatic heterocycles. The summed E-state index contributed by atoms with van der Waals surface area (Å²) in [7, 11) is 0. The van der Waals surface area contributed by atoms with Gasteiger partial charge in [0.2, 0.25) is 0 Å². The topological polar surface area (TPSA) is 299 Å². The van der Waals surface area contributed by atoms with Crippen LogP contribution in [0.25, 0.3) is 55.2 Å². The second-order valence-electron chi connectivity index (χ2n) is 34.7. The van der Waals surface area contributed by atoms with Crippen LogP contribution in [0.5, 0.6) is 0 Å². The molecule has 10 aromatic carbocycles. The number of fused-ring (bicyclic) bond motifs is 5. The number of imidazole rings is 5. The number of H-pyrrole nitrogens is 5. The number of carbonyl (C=O) groups is 5. The number of hydrogen-bond donors (Lipinski definition) is 7. The lowest BCUT2D eigenvalue weighted by Crippen LogP contribution is -2.46. The summed E-state index contributed by atoms with van der Waals surface area (Å²) >= 11 is 19.0. The number of hydrogen-bond acceptors (Lipinski definition) is 14. The van der Waals surface area contributed by atoms with Crippen LogP contribution in [0.2, 0.25) is 10.0 Å². The fraction of sp³-hybridized carbons (Fsp3) is 0.248. The average molecular weight is 2040 g/mol. The zero-order valence-corrected chi connectivity index (χ0v) is 82.1. The van der Waals surface area contributed by atoms with Crippen molar-refractivity contribution in [3.8, 4) is 12.3 Å². The van der Waals surface area contributed by atoms with Gasteiger partial charge in [-0.15, -0.1) is 6.42 Å². The summed E-state index contributed by atoms with van der Waals surface area (Å²) in [5.41, 5.74) is 26.1. The first-order chi connectivity index (χ1) is 67.1. The van der Waals surface area contributed by atoms with E-state index in [4.69, 9.17) is 35.4 Å². The molecule has 30 heteroatoms. The molecule has 0 aliphatic carbocycles. The lowest BCUT2D eigenvalue weighted by molar-refractivity contribution is 0.0733. The Labute approximate surface area is 827 Å². The fourth-order valence-electron chi connectivity index (χ4n) is 17.5. The highest BCUT2D eigenvalue weighted by Gasteiger charge is 2.32. The molecular weight excluding hydrogens is 1940 g/mol. The van der Waals surface area contributed by atoms with Crippen molar-refractivity contribution in [1.29, 1.82) is 0 Å². The third-order valence-corrected chi connectivity index (χ3v) is 26.7. The molecule has 0 radical (unpaired) electrons. The lowest BCUT2D eigenvalue weighted by atomic mass is 9.92. The van der Waals surface area contributed by atoms with Crippen LogP contribution in [-0.4, -0.2) is 144 Å². The van der Waals surface area contributed by atoms with Crippen LogP contribution in [0.1, 0.15) is 204 Å². The number of unbranched alkanes of at least 4 members (excludes halogenated alkanes) is 1. The first kappa shape index (κ1) is 99.9. The summed E-state index contributed by atoms with van der Waals surface area (Å²) in [6.07, 6.45) is 23.1. The van der Waals surface area contributed by atoms with Gasteiger partial charge < -0.3 is 45.8 Å². The highest BCUT2D eigenvalue weighted by molar-refractivity contribution is 9.10. The Kier molecular flexibility index (Phi) is 33.0. The maximum atomic E-state index is 15.4. The van der Waals surface area contributed by atoms with Gasteiger partial charge in [-0.25, -0.2) is 46.9 Å². The number of amides is 2. The van der Waals surface area contributed by atoms with E-state index in [1.54, 1.807) is 64.7 Å². The molecule has 17 aromatic rings. The number of Topliss-reactive ketones (excluding diaryl/α,β-unsaturated/α-hetero) is 3. The van der Waals surface area contributed by atoms with Crippen LogP contribution in [0.3, 0.4) is 0 Å². The van der Waals surface area contributed by atoms with Crippen molar-refractivity contribution < 1.29 is 45.9 Å². The standard InChI is InChI=1S/C24H21ClFN3O.C23H19ClFN3O.C22H21FN4O.C20H20BrFN4O.C20H20BrFN2O/c1-15-11-17(25)9-8-16(15)12-20-19(13-21-24(23(20)26)29-14-28-21)22(30)7-4-6-18-5-2-3-10-27-18;1-14-10-16(24)6-5-15(14)11-19-18(12-20-23(22(19)25)28-13-27-20)21(29)8-7-17-4-2-3-9-26-17;1-3-15-4-5-16(14(2)10-15)11-17-18(22(28)27-8-6-24-7-9-27)12-19-21(20(17)23)26-13-25-19;1-11-6-13(21)3-2-12(11)7-15-16(20(27)26-5-4-14(23)9-26)8-17-19(18(15)22)25-10-24-17;1-3-4-5-18(25)15-10-17-20(24-11-23-17)19(22)16(15)9-13-6-7-14(21)8-12(13)2/h2-3,5,8-11,13-14H,4,6-7,12H2,1H3,(H,28,29);2-6,9-10,12-13H,7-8,11H2,1H3,(H,27,28);1,4-5,10,12-13,24H,6-9,11H2,2H3,(H,25,26);2-3,6,8,10,14H,4-5,7,9,23H2,1H3,(H,24,25);6-8,10-11H,3-5,9H2,1-2H3,(H,23,24). The van der Waals surface area contributed by atoms with E-state index in [-0.39, 0.29) is 69.2 Å². The van der Waals surface area contributed by atoms with Crippen LogP contribution in [0, 0.1) is 76.0 Å². The van der Waals surface area contributed by atoms with E-state index < -0.39 is 29.1 Å². The van der Waals surface area contributed by atoms with Gasteiger partial charge in [0.15, 0.2) is 46.4 Å². The summed E-state index contributed by atoms with van der Waals surface area (Å²) < 4.78 is 78.3. The van der Waals surface area contributed by atoms with Gasteiger partial charge in [-0.3, -0.25) is 33.9 Å². The van der Waals surface area contributed by atoms with E-state index in [2.05, 4.69) is 103 Å². The number of nitrogens with one attached hydrogen (secondary N) is 6. The number of nitrogens with zero attached hydrogens (tertiary/aromatic N) is 9. The van der Waals surface area contributed by atoms with Gasteiger partial charge in [0, 0.05) is 201 Å². The maximum Gasteiger partial charge on any atom is 0.254 e. The lowest BCUT2D eigenvalue weighted by Gasteiger charge is -2.28. The summed E-state index contributed by atoms with van der Waals surface area (Å²) in [5.74, 6) is -0.125. The molecule has 2 fully saturated rings. The van der Waals surface area contributed by atoms with Crippen molar-refractivity contribution in [1.82, 2.24) is 74.9 Å². The number of terminal acetylenes is 1. The zero-order valence-electron chi connectivity index (χ0n) is 77.4. The van der Waals surface area contributed by atoms with Gasteiger partial charge in [0.25, 0.3) is 11.8 Å². The Balaban J connectivity index is 0.000000132. The molecule has 1 atom stereocenters. The minimum absolute atomic E-state index is 0.0120. The molecule has 2 amide bonds. The average Bonchev–Trinajstić information content (AvgIpc) is 1.63. The Morgan fingerprint density at radius 3 is 1.12 bits per heavy atom. The van der Waals surface area contributed by atoms with Crippen molar-refractivity contribution in [2.24, 2.45) is 5.73 Å². The number of ketones is 3.